The summed E-state index contributed by atoms with van der Waals surface area (Å²) in [6.07, 6.45) is 7.82. The van der Waals surface area contributed by atoms with E-state index in [1.807, 2.05) is 12.4 Å². The Morgan fingerprint density at radius 1 is 1.38 bits per heavy atom. The van der Waals surface area contributed by atoms with Gasteiger partial charge >= 0.3 is 0 Å². The van der Waals surface area contributed by atoms with Crippen LogP contribution < -0.4 is 5.32 Å². The van der Waals surface area contributed by atoms with Gasteiger partial charge in [-0.05, 0) is 44.0 Å². The fourth-order valence-corrected chi connectivity index (χ4v) is 3.08. The predicted molar refractivity (Wildman–Crippen MR) is 64.2 cm³/mol. The fourth-order valence-electron chi connectivity index (χ4n) is 3.08. The van der Waals surface area contributed by atoms with Gasteiger partial charge in [-0.2, -0.15) is 0 Å². The van der Waals surface area contributed by atoms with Crippen molar-refractivity contribution >= 4 is 0 Å². The smallest absolute Gasteiger partial charge is 0.0367 e. The van der Waals surface area contributed by atoms with Crippen LogP contribution in [0.1, 0.15) is 30.9 Å². The maximum Gasteiger partial charge on any atom is 0.0367 e. The molecule has 1 aromatic heterocycles. The van der Waals surface area contributed by atoms with E-state index in [-0.39, 0.29) is 0 Å². The van der Waals surface area contributed by atoms with E-state index in [0.29, 0.717) is 6.04 Å². The number of nitrogens with zero attached hydrogens (tertiary/aromatic N) is 2. The van der Waals surface area contributed by atoms with E-state index in [1.165, 1.54) is 37.9 Å². The number of hydrogen-bond donors (Lipinski definition) is 1. The van der Waals surface area contributed by atoms with Gasteiger partial charge in [0.25, 0.3) is 0 Å². The van der Waals surface area contributed by atoms with Gasteiger partial charge in [-0.15, -0.1) is 0 Å². The third-order valence-corrected chi connectivity index (χ3v) is 3.87. The minimum Gasteiger partial charge on any atom is -0.315 e. The average molecular weight is 217 g/mol. The van der Waals surface area contributed by atoms with Gasteiger partial charge in [-0.1, -0.05) is 6.07 Å². The van der Waals surface area contributed by atoms with Crippen molar-refractivity contribution in [1.29, 1.82) is 0 Å². The molecule has 0 bridgehead atoms. The van der Waals surface area contributed by atoms with Crippen LogP contribution in [0.15, 0.2) is 24.5 Å². The first-order valence-corrected chi connectivity index (χ1v) is 6.31. The summed E-state index contributed by atoms with van der Waals surface area (Å²) in [5.41, 5.74) is 1.40. The summed E-state index contributed by atoms with van der Waals surface area (Å²) in [4.78, 5) is 6.93. The monoisotopic (exact) mass is 217 g/mol. The molecule has 2 aliphatic rings. The molecule has 0 radical (unpaired) electrons. The SMILES string of the molecule is c1cncc(C2CCCN2C2CCNC2)c1. The van der Waals surface area contributed by atoms with Crippen molar-refractivity contribution in [2.45, 2.75) is 31.3 Å². The highest BCUT2D eigenvalue weighted by atomic mass is 15.2. The summed E-state index contributed by atoms with van der Waals surface area (Å²) < 4.78 is 0. The zero-order valence-corrected chi connectivity index (χ0v) is 9.60. The fraction of sp³-hybridized carbons (Fsp3) is 0.615. The number of rotatable bonds is 2. The number of likely N-dealkylation sites (tertiary alicyclic amines) is 1. The summed E-state index contributed by atoms with van der Waals surface area (Å²) in [6, 6.07) is 5.63. The molecule has 2 unspecified atom stereocenters. The molecule has 2 fully saturated rings. The third-order valence-electron chi connectivity index (χ3n) is 3.87. The normalized spacial score (nSPS) is 31.0. The van der Waals surface area contributed by atoms with Gasteiger partial charge in [-0.25, -0.2) is 0 Å². The van der Waals surface area contributed by atoms with E-state index in [9.17, 15) is 0 Å². The topological polar surface area (TPSA) is 28.2 Å². The maximum absolute atomic E-state index is 4.25. The molecule has 1 N–H and O–H groups in total. The molecule has 3 nitrogen and oxygen atoms in total. The van der Waals surface area contributed by atoms with Gasteiger partial charge < -0.3 is 5.32 Å². The van der Waals surface area contributed by atoms with E-state index < -0.39 is 0 Å². The van der Waals surface area contributed by atoms with Gasteiger partial charge in [-0.3, -0.25) is 9.88 Å². The Bertz CT molecular complexity index is 332. The molecule has 2 saturated heterocycles. The molecule has 0 spiro atoms. The Labute approximate surface area is 96.9 Å². The van der Waals surface area contributed by atoms with Gasteiger partial charge in [0.2, 0.25) is 0 Å². The molecule has 3 heterocycles. The van der Waals surface area contributed by atoms with Crippen LogP contribution in [0.25, 0.3) is 0 Å². The molecule has 16 heavy (non-hydrogen) atoms. The number of hydrogen-bond acceptors (Lipinski definition) is 3. The first-order valence-electron chi connectivity index (χ1n) is 6.31. The van der Waals surface area contributed by atoms with E-state index in [4.69, 9.17) is 0 Å². The second-order valence-electron chi connectivity index (χ2n) is 4.83. The standard InChI is InChI=1S/C13H19N3/c1-3-11(9-14-6-1)13-4-2-8-16(13)12-5-7-15-10-12/h1,3,6,9,12-13,15H,2,4-5,7-8,10H2. The van der Waals surface area contributed by atoms with Crippen molar-refractivity contribution in [2.24, 2.45) is 0 Å². The Hall–Kier alpha value is -0.930. The molecule has 2 atom stereocenters. The lowest BCUT2D eigenvalue weighted by Gasteiger charge is -2.30. The van der Waals surface area contributed by atoms with Crippen LogP contribution >= 0.6 is 0 Å². The number of aromatic nitrogens is 1. The van der Waals surface area contributed by atoms with Crippen LogP contribution in [0.5, 0.6) is 0 Å². The highest BCUT2D eigenvalue weighted by molar-refractivity contribution is 5.16. The maximum atomic E-state index is 4.25. The van der Waals surface area contributed by atoms with Crippen LogP contribution in [-0.2, 0) is 0 Å². The largest absolute Gasteiger partial charge is 0.315 e. The quantitative estimate of drug-likeness (QED) is 0.815. The van der Waals surface area contributed by atoms with Crippen LogP contribution in [0.4, 0.5) is 0 Å². The van der Waals surface area contributed by atoms with Crippen LogP contribution in [0.2, 0.25) is 0 Å². The highest BCUT2D eigenvalue weighted by Gasteiger charge is 2.32. The molecule has 3 heteroatoms. The molecule has 2 aliphatic heterocycles. The zero-order chi connectivity index (χ0) is 10.8. The lowest BCUT2D eigenvalue weighted by molar-refractivity contribution is 0.192. The minimum atomic E-state index is 0.610. The van der Waals surface area contributed by atoms with Crippen molar-refractivity contribution in [3.8, 4) is 0 Å². The predicted octanol–water partition coefficient (Wildman–Crippen LogP) is 1.58. The third kappa shape index (κ3) is 1.85. The summed E-state index contributed by atoms with van der Waals surface area (Å²) in [7, 11) is 0. The summed E-state index contributed by atoms with van der Waals surface area (Å²) in [5.74, 6) is 0. The summed E-state index contributed by atoms with van der Waals surface area (Å²) >= 11 is 0. The first-order chi connectivity index (χ1) is 7.95. The van der Waals surface area contributed by atoms with Gasteiger partial charge in [0.05, 0.1) is 0 Å². The molecule has 3 rings (SSSR count). The van der Waals surface area contributed by atoms with Crippen molar-refractivity contribution in [3.05, 3.63) is 30.1 Å². The van der Waals surface area contributed by atoms with Crippen LogP contribution in [-0.4, -0.2) is 35.6 Å². The molecule has 86 valence electrons. The minimum absolute atomic E-state index is 0.610. The van der Waals surface area contributed by atoms with E-state index in [0.717, 1.165) is 12.6 Å². The van der Waals surface area contributed by atoms with Crippen molar-refractivity contribution in [1.82, 2.24) is 15.2 Å². The molecule has 1 aromatic rings. The lowest BCUT2D eigenvalue weighted by atomic mass is 10.1. The second-order valence-corrected chi connectivity index (χ2v) is 4.83. The van der Waals surface area contributed by atoms with E-state index >= 15 is 0 Å². The average Bonchev–Trinajstić information content (AvgIpc) is 3.01. The Morgan fingerprint density at radius 2 is 2.38 bits per heavy atom. The van der Waals surface area contributed by atoms with E-state index in [2.05, 4.69) is 27.3 Å². The zero-order valence-electron chi connectivity index (χ0n) is 9.60. The summed E-state index contributed by atoms with van der Waals surface area (Å²) in [5, 5.41) is 3.46. The van der Waals surface area contributed by atoms with Crippen LogP contribution in [0, 0.1) is 0 Å². The Kier molecular flexibility index (Phi) is 2.89. The molecular weight excluding hydrogens is 198 g/mol. The van der Waals surface area contributed by atoms with Gasteiger partial charge in [0, 0.05) is 31.0 Å². The molecule has 0 saturated carbocycles. The number of pyridine rings is 1. The van der Waals surface area contributed by atoms with Gasteiger partial charge in [0.15, 0.2) is 0 Å². The molecular formula is C13H19N3. The molecule has 0 aromatic carbocycles. The van der Waals surface area contributed by atoms with E-state index in [1.54, 1.807) is 0 Å². The Balaban J connectivity index is 1.78. The van der Waals surface area contributed by atoms with Crippen molar-refractivity contribution < 1.29 is 0 Å². The highest BCUT2D eigenvalue weighted by Crippen LogP contribution is 2.34. The van der Waals surface area contributed by atoms with Crippen molar-refractivity contribution in [3.63, 3.8) is 0 Å². The van der Waals surface area contributed by atoms with Gasteiger partial charge in [0.1, 0.15) is 0 Å². The lowest BCUT2D eigenvalue weighted by Crippen LogP contribution is -2.36. The molecule has 0 amide bonds. The Morgan fingerprint density at radius 3 is 3.12 bits per heavy atom. The summed E-state index contributed by atoms with van der Waals surface area (Å²) in [6.45, 7) is 3.60. The second kappa shape index (κ2) is 4.52. The van der Waals surface area contributed by atoms with Crippen LogP contribution in [0.3, 0.4) is 0 Å². The molecule has 0 aliphatic carbocycles. The van der Waals surface area contributed by atoms with Crippen molar-refractivity contribution in [2.75, 3.05) is 19.6 Å². The first kappa shape index (κ1) is 10.2. The number of nitrogens with one attached hydrogen (secondary N) is 1.